The lowest BCUT2D eigenvalue weighted by molar-refractivity contribution is 0.225. The molecule has 0 amide bonds. The van der Waals surface area contributed by atoms with Gasteiger partial charge >= 0.3 is 0 Å². The second kappa shape index (κ2) is 5.28. The van der Waals surface area contributed by atoms with Gasteiger partial charge in [0.1, 0.15) is 29.3 Å². The van der Waals surface area contributed by atoms with Gasteiger partial charge in [0.2, 0.25) is 0 Å². The molecule has 1 heterocycles. The number of aromatic nitrogens is 1. The molecule has 0 fully saturated rings. The van der Waals surface area contributed by atoms with Gasteiger partial charge in [0.25, 0.3) is 0 Å². The lowest BCUT2D eigenvalue weighted by Crippen LogP contribution is -2.05. The second-order valence-corrected chi connectivity index (χ2v) is 3.77. The highest BCUT2D eigenvalue weighted by atomic mass is 19.1. The zero-order valence-electron chi connectivity index (χ0n) is 9.80. The van der Waals surface area contributed by atoms with Crippen LogP contribution in [0.4, 0.5) is 4.39 Å². The van der Waals surface area contributed by atoms with E-state index in [1.165, 1.54) is 12.1 Å². The highest BCUT2D eigenvalue weighted by molar-refractivity contribution is 5.44. The molecular formula is C14H11FN2O. The van der Waals surface area contributed by atoms with Gasteiger partial charge in [0.15, 0.2) is 0 Å². The SMILES string of the molecule is CC(Oc1cccc(F)c1C#N)c1cccnc1. The number of halogens is 1. The normalized spacial score (nSPS) is 11.6. The van der Waals surface area contributed by atoms with Gasteiger partial charge in [0.05, 0.1) is 0 Å². The van der Waals surface area contributed by atoms with Crippen molar-refractivity contribution in [1.29, 1.82) is 5.26 Å². The lowest BCUT2D eigenvalue weighted by atomic mass is 10.1. The van der Waals surface area contributed by atoms with Gasteiger partial charge in [-0.3, -0.25) is 4.98 Å². The molecule has 0 radical (unpaired) electrons. The number of pyridine rings is 1. The molecule has 2 rings (SSSR count). The van der Waals surface area contributed by atoms with Gasteiger partial charge < -0.3 is 4.74 Å². The van der Waals surface area contributed by atoms with Crippen molar-refractivity contribution in [3.63, 3.8) is 0 Å². The van der Waals surface area contributed by atoms with E-state index < -0.39 is 5.82 Å². The van der Waals surface area contributed by atoms with Crippen LogP contribution >= 0.6 is 0 Å². The Hall–Kier alpha value is -2.41. The molecule has 0 saturated heterocycles. The molecule has 2 aromatic rings. The summed E-state index contributed by atoms with van der Waals surface area (Å²) in [6.45, 7) is 1.82. The minimum absolute atomic E-state index is 0.0757. The topological polar surface area (TPSA) is 45.9 Å². The zero-order chi connectivity index (χ0) is 13.0. The fourth-order valence-corrected chi connectivity index (χ4v) is 1.59. The number of hydrogen-bond acceptors (Lipinski definition) is 3. The van der Waals surface area contributed by atoms with Crippen LogP contribution in [0, 0.1) is 17.1 Å². The Morgan fingerprint density at radius 2 is 2.17 bits per heavy atom. The van der Waals surface area contributed by atoms with Crippen molar-refractivity contribution in [2.75, 3.05) is 0 Å². The molecule has 0 saturated carbocycles. The van der Waals surface area contributed by atoms with Gasteiger partial charge in [-0.1, -0.05) is 12.1 Å². The Morgan fingerprint density at radius 3 is 2.83 bits per heavy atom. The maximum Gasteiger partial charge on any atom is 0.144 e. The highest BCUT2D eigenvalue weighted by Gasteiger charge is 2.13. The van der Waals surface area contributed by atoms with Crippen LogP contribution in [0.2, 0.25) is 0 Å². The van der Waals surface area contributed by atoms with E-state index in [4.69, 9.17) is 10.00 Å². The van der Waals surface area contributed by atoms with Crippen molar-refractivity contribution in [2.45, 2.75) is 13.0 Å². The first-order chi connectivity index (χ1) is 8.72. The van der Waals surface area contributed by atoms with Crippen LogP contribution in [0.25, 0.3) is 0 Å². The number of benzene rings is 1. The predicted octanol–water partition coefficient (Wildman–Crippen LogP) is 3.23. The van der Waals surface area contributed by atoms with E-state index in [2.05, 4.69) is 4.98 Å². The molecule has 4 heteroatoms. The van der Waals surface area contributed by atoms with E-state index in [0.29, 0.717) is 0 Å². The van der Waals surface area contributed by atoms with E-state index in [1.807, 2.05) is 13.0 Å². The van der Waals surface area contributed by atoms with Crippen LogP contribution in [0.1, 0.15) is 24.2 Å². The second-order valence-electron chi connectivity index (χ2n) is 3.77. The molecule has 90 valence electrons. The van der Waals surface area contributed by atoms with Crippen molar-refractivity contribution in [3.8, 4) is 11.8 Å². The number of rotatable bonds is 3. The minimum Gasteiger partial charge on any atom is -0.484 e. The zero-order valence-corrected chi connectivity index (χ0v) is 9.80. The number of ether oxygens (including phenoxy) is 1. The summed E-state index contributed by atoms with van der Waals surface area (Å²) in [5.41, 5.74) is 0.791. The fraction of sp³-hybridized carbons (Fsp3) is 0.143. The monoisotopic (exact) mass is 242 g/mol. The Labute approximate surface area is 104 Å². The summed E-state index contributed by atoms with van der Waals surface area (Å²) >= 11 is 0. The van der Waals surface area contributed by atoms with E-state index in [-0.39, 0.29) is 17.4 Å². The third-order valence-corrected chi connectivity index (χ3v) is 2.54. The molecule has 3 nitrogen and oxygen atoms in total. The summed E-state index contributed by atoms with van der Waals surface area (Å²) in [6, 6.07) is 9.80. The van der Waals surface area contributed by atoms with Crippen LogP contribution in [0.3, 0.4) is 0 Å². The molecule has 0 N–H and O–H groups in total. The molecule has 0 aliphatic rings. The molecule has 1 aromatic carbocycles. The summed E-state index contributed by atoms with van der Waals surface area (Å²) in [7, 11) is 0. The van der Waals surface area contributed by atoms with Crippen LogP contribution in [-0.2, 0) is 0 Å². The van der Waals surface area contributed by atoms with Gasteiger partial charge in [-0.2, -0.15) is 5.26 Å². The van der Waals surface area contributed by atoms with Gasteiger partial charge in [0, 0.05) is 18.0 Å². The van der Waals surface area contributed by atoms with Gasteiger partial charge in [-0.15, -0.1) is 0 Å². The molecule has 0 aliphatic carbocycles. The standard InChI is InChI=1S/C14H11FN2O/c1-10(11-4-3-7-17-9-11)18-14-6-2-5-13(15)12(14)8-16/h2-7,9-10H,1H3. The molecule has 1 atom stereocenters. The van der Waals surface area contributed by atoms with Crippen molar-refractivity contribution in [3.05, 3.63) is 59.7 Å². The molecular weight excluding hydrogens is 231 g/mol. The smallest absolute Gasteiger partial charge is 0.144 e. The maximum absolute atomic E-state index is 13.4. The molecule has 1 aromatic heterocycles. The minimum atomic E-state index is -0.576. The molecule has 18 heavy (non-hydrogen) atoms. The first kappa shape index (κ1) is 12.1. The average molecular weight is 242 g/mol. The van der Waals surface area contributed by atoms with Crippen LogP contribution in [-0.4, -0.2) is 4.98 Å². The summed E-state index contributed by atoms with van der Waals surface area (Å²) in [6.07, 6.45) is 3.04. The molecule has 0 aliphatic heterocycles. The third kappa shape index (κ3) is 2.46. The molecule has 0 bridgehead atoms. The highest BCUT2D eigenvalue weighted by Crippen LogP contribution is 2.26. The Bertz CT molecular complexity index is 578. The van der Waals surface area contributed by atoms with E-state index in [0.717, 1.165) is 5.56 Å². The van der Waals surface area contributed by atoms with Gasteiger partial charge in [-0.05, 0) is 25.1 Å². The molecule has 1 unspecified atom stereocenters. The number of nitriles is 1. The van der Waals surface area contributed by atoms with E-state index in [9.17, 15) is 4.39 Å². The number of hydrogen-bond donors (Lipinski definition) is 0. The average Bonchev–Trinajstić information content (AvgIpc) is 2.40. The summed E-state index contributed by atoms with van der Waals surface area (Å²) < 4.78 is 19.0. The largest absolute Gasteiger partial charge is 0.484 e. The van der Waals surface area contributed by atoms with E-state index in [1.54, 1.807) is 30.6 Å². The Morgan fingerprint density at radius 1 is 1.33 bits per heavy atom. The van der Waals surface area contributed by atoms with Crippen molar-refractivity contribution in [1.82, 2.24) is 4.98 Å². The number of nitrogens with zero attached hydrogens (tertiary/aromatic N) is 2. The van der Waals surface area contributed by atoms with Crippen molar-refractivity contribution < 1.29 is 9.13 Å². The third-order valence-electron chi connectivity index (χ3n) is 2.54. The van der Waals surface area contributed by atoms with Crippen LogP contribution < -0.4 is 4.74 Å². The van der Waals surface area contributed by atoms with Crippen LogP contribution in [0.5, 0.6) is 5.75 Å². The maximum atomic E-state index is 13.4. The Balaban J connectivity index is 2.25. The van der Waals surface area contributed by atoms with E-state index >= 15 is 0 Å². The first-order valence-electron chi connectivity index (χ1n) is 5.47. The van der Waals surface area contributed by atoms with Crippen molar-refractivity contribution in [2.24, 2.45) is 0 Å². The van der Waals surface area contributed by atoms with Crippen LogP contribution in [0.15, 0.2) is 42.7 Å². The summed E-state index contributed by atoms with van der Waals surface area (Å²) in [4.78, 5) is 3.99. The van der Waals surface area contributed by atoms with Crippen molar-refractivity contribution >= 4 is 0 Å². The fourth-order valence-electron chi connectivity index (χ4n) is 1.59. The van der Waals surface area contributed by atoms with Gasteiger partial charge in [-0.25, -0.2) is 4.39 Å². The lowest BCUT2D eigenvalue weighted by Gasteiger charge is -2.15. The molecule has 0 spiro atoms. The first-order valence-corrected chi connectivity index (χ1v) is 5.47. The predicted molar refractivity (Wildman–Crippen MR) is 64.4 cm³/mol. The quantitative estimate of drug-likeness (QED) is 0.830. The summed E-state index contributed by atoms with van der Waals surface area (Å²) in [5.74, 6) is -0.331. The Kier molecular flexibility index (Phi) is 3.54. The summed E-state index contributed by atoms with van der Waals surface area (Å²) in [5, 5.41) is 8.90.